The molecule has 1 aliphatic carbocycles. The summed E-state index contributed by atoms with van der Waals surface area (Å²) >= 11 is 6.38. The second-order valence-corrected chi connectivity index (χ2v) is 18.0. The lowest BCUT2D eigenvalue weighted by Gasteiger charge is -2.50. The molecule has 0 radical (unpaired) electrons. The summed E-state index contributed by atoms with van der Waals surface area (Å²) in [7, 11) is 0.327. The molecule has 270 valence electrons. The van der Waals surface area contributed by atoms with E-state index in [1.54, 1.807) is 25.1 Å². The molecule has 3 aliphatic heterocycles. The largest absolute Gasteiger partial charge is 0.487 e. The van der Waals surface area contributed by atoms with Gasteiger partial charge < -0.3 is 19.6 Å². The fourth-order valence-electron chi connectivity index (χ4n) is 8.56. The highest BCUT2D eigenvalue weighted by Gasteiger charge is 2.48. The van der Waals surface area contributed by atoms with Crippen molar-refractivity contribution in [2.75, 3.05) is 51.7 Å². The third kappa shape index (κ3) is 8.25. The lowest BCUT2D eigenvalue weighted by Crippen LogP contribution is -2.56. The SMILES string of the molecule is C[C@@H]1[C@@H](C)CCC[C@@](O)(CN2CC[C@@H](N(C)C)C2)[C@@H]2CC[C@H]2CN2CCCCc3cc(Cl)ccc3COc3ccc(cc32)C(=O)NS1(=O)=O. The predicted molar refractivity (Wildman–Crippen MR) is 196 cm³/mol. The Morgan fingerprint density at radius 3 is 2.55 bits per heavy atom. The first kappa shape index (κ1) is 36.4. The topological polar surface area (TPSA) is 102 Å². The number of nitrogens with one attached hydrogen (secondary N) is 1. The number of nitrogens with zero attached hydrogens (tertiary/aromatic N) is 3. The zero-order chi connectivity index (χ0) is 34.9. The Morgan fingerprint density at radius 2 is 1.82 bits per heavy atom. The Bertz CT molecular complexity index is 1600. The number of ether oxygens (including phenoxy) is 1. The number of benzene rings is 2. The first-order valence-corrected chi connectivity index (χ1v) is 20.2. The van der Waals surface area contributed by atoms with Gasteiger partial charge in [-0.15, -0.1) is 0 Å². The number of likely N-dealkylation sites (tertiary alicyclic amines) is 1. The molecule has 6 rings (SSSR count). The van der Waals surface area contributed by atoms with Gasteiger partial charge >= 0.3 is 0 Å². The maximum atomic E-state index is 13.5. The van der Waals surface area contributed by atoms with Crippen molar-refractivity contribution < 1.29 is 23.1 Å². The number of carbonyl (C=O) groups is 1. The molecule has 1 saturated carbocycles. The number of halogens is 1. The van der Waals surface area contributed by atoms with Gasteiger partial charge in [0.05, 0.1) is 16.5 Å². The highest BCUT2D eigenvalue weighted by Crippen LogP contribution is 2.47. The molecule has 2 aromatic carbocycles. The third-order valence-corrected chi connectivity index (χ3v) is 14.2. The molecule has 2 aromatic rings. The highest BCUT2D eigenvalue weighted by molar-refractivity contribution is 7.90. The maximum Gasteiger partial charge on any atom is 0.264 e. The van der Waals surface area contributed by atoms with Crippen LogP contribution >= 0.6 is 11.6 Å². The number of hydrogen-bond donors (Lipinski definition) is 2. The van der Waals surface area contributed by atoms with Gasteiger partial charge in [-0.2, -0.15) is 0 Å². The van der Waals surface area contributed by atoms with Crippen LogP contribution in [0.2, 0.25) is 5.02 Å². The molecule has 1 saturated heterocycles. The fourth-order valence-corrected chi connectivity index (χ4v) is 10.1. The quantitative estimate of drug-likeness (QED) is 0.417. The van der Waals surface area contributed by atoms with Crippen molar-refractivity contribution in [1.29, 1.82) is 0 Å². The Labute approximate surface area is 298 Å². The second-order valence-electron chi connectivity index (χ2n) is 15.5. The van der Waals surface area contributed by atoms with Gasteiger partial charge in [0, 0.05) is 42.8 Å². The van der Waals surface area contributed by atoms with Crippen LogP contribution < -0.4 is 14.4 Å². The van der Waals surface area contributed by atoms with Gasteiger partial charge in [0.2, 0.25) is 10.0 Å². The minimum absolute atomic E-state index is 0.135. The minimum atomic E-state index is -3.94. The van der Waals surface area contributed by atoms with E-state index in [1.807, 2.05) is 25.1 Å². The van der Waals surface area contributed by atoms with E-state index in [4.69, 9.17) is 16.3 Å². The number of amides is 1. The molecule has 0 unspecified atom stereocenters. The number of likely N-dealkylation sites (N-methyl/N-ethyl adjacent to an activating group) is 1. The third-order valence-electron chi connectivity index (χ3n) is 12.1. The normalized spacial score (nSPS) is 31.4. The molecule has 0 aromatic heterocycles. The molecule has 9 nitrogen and oxygen atoms in total. The number of hydrogen-bond acceptors (Lipinski definition) is 8. The Hall–Kier alpha value is -2.37. The van der Waals surface area contributed by atoms with Gasteiger partial charge in [0.15, 0.2) is 0 Å². The van der Waals surface area contributed by atoms with Crippen LogP contribution in [0.5, 0.6) is 5.75 Å². The van der Waals surface area contributed by atoms with Crippen LogP contribution in [0, 0.1) is 17.8 Å². The van der Waals surface area contributed by atoms with Gasteiger partial charge in [-0.05, 0) is 138 Å². The van der Waals surface area contributed by atoms with Gasteiger partial charge in [-0.25, -0.2) is 13.1 Å². The smallest absolute Gasteiger partial charge is 0.264 e. The molecule has 2 fully saturated rings. The van der Waals surface area contributed by atoms with Crippen molar-refractivity contribution in [2.24, 2.45) is 17.8 Å². The van der Waals surface area contributed by atoms with E-state index in [-0.39, 0.29) is 23.3 Å². The molecule has 2 N–H and O–H groups in total. The van der Waals surface area contributed by atoms with E-state index in [9.17, 15) is 18.3 Å². The van der Waals surface area contributed by atoms with Gasteiger partial charge in [-0.1, -0.05) is 31.0 Å². The van der Waals surface area contributed by atoms with E-state index in [2.05, 4.69) is 33.5 Å². The van der Waals surface area contributed by atoms with Crippen LogP contribution in [0.1, 0.15) is 86.7 Å². The predicted octanol–water partition coefficient (Wildman–Crippen LogP) is 5.72. The maximum absolute atomic E-state index is 13.5. The first-order chi connectivity index (χ1) is 23.3. The Morgan fingerprint density at radius 1 is 1.00 bits per heavy atom. The Kier molecular flexibility index (Phi) is 11.2. The highest BCUT2D eigenvalue weighted by atomic mass is 35.5. The summed E-state index contributed by atoms with van der Waals surface area (Å²) in [6.07, 6.45) is 7.90. The molecule has 3 heterocycles. The summed E-state index contributed by atoms with van der Waals surface area (Å²) in [6, 6.07) is 11.7. The number of aryl methyl sites for hydroxylation is 1. The van der Waals surface area contributed by atoms with Crippen molar-refractivity contribution in [2.45, 2.75) is 95.1 Å². The van der Waals surface area contributed by atoms with Crippen LogP contribution in [0.25, 0.3) is 0 Å². The van der Waals surface area contributed by atoms with Crippen LogP contribution in [0.4, 0.5) is 5.69 Å². The summed E-state index contributed by atoms with van der Waals surface area (Å²) in [5, 5.41) is 12.6. The summed E-state index contributed by atoms with van der Waals surface area (Å²) < 4.78 is 35.9. The number of carbonyl (C=O) groups excluding carboxylic acids is 1. The number of anilines is 1. The monoisotopic (exact) mass is 714 g/mol. The number of sulfonamides is 1. The van der Waals surface area contributed by atoms with Crippen LogP contribution in [-0.2, 0) is 23.1 Å². The van der Waals surface area contributed by atoms with Crippen molar-refractivity contribution in [3.8, 4) is 5.75 Å². The fraction of sp³-hybridized carbons (Fsp3) is 0.658. The zero-order valence-corrected chi connectivity index (χ0v) is 31.2. The average Bonchev–Trinajstić information content (AvgIpc) is 3.49. The van der Waals surface area contributed by atoms with Crippen molar-refractivity contribution in [3.63, 3.8) is 0 Å². The molecule has 6 atom stereocenters. The number of aliphatic hydroxyl groups is 1. The molecular formula is C38H55ClN4O5S. The summed E-state index contributed by atoms with van der Waals surface area (Å²) in [6.45, 7) is 8.03. The van der Waals surface area contributed by atoms with Crippen LogP contribution in [0.15, 0.2) is 36.4 Å². The lowest BCUT2D eigenvalue weighted by atomic mass is 9.62. The average molecular weight is 715 g/mol. The summed E-state index contributed by atoms with van der Waals surface area (Å²) in [4.78, 5) is 20.6. The summed E-state index contributed by atoms with van der Waals surface area (Å²) in [5.41, 5.74) is 2.47. The van der Waals surface area contributed by atoms with Gasteiger partial charge in [0.25, 0.3) is 5.91 Å². The second kappa shape index (κ2) is 15.1. The minimum Gasteiger partial charge on any atom is -0.487 e. The van der Waals surface area contributed by atoms with Crippen molar-refractivity contribution in [1.82, 2.24) is 14.5 Å². The zero-order valence-electron chi connectivity index (χ0n) is 29.7. The van der Waals surface area contributed by atoms with E-state index >= 15 is 0 Å². The molecule has 1 amide bonds. The molecule has 11 heteroatoms. The standard InChI is InChI=1S/C38H55ClN4O5S/c1-26-8-7-17-38(45,25-42-19-16-33(23-42)41(3)4)34-14-11-30(34)22-43-18-6-5-9-28-20-32(39)13-10-31(28)24-48-36-15-12-29(21-35(36)43)37(44)40-49(46,47)27(26)2/h10,12-13,15,20-21,26-27,30,33-34,45H,5-9,11,14,16-19,22-25H2,1-4H3,(H,40,44)/t26-,27+,30-,33+,34+,38+/m0/s1. The van der Waals surface area contributed by atoms with E-state index in [1.165, 1.54) is 5.56 Å². The summed E-state index contributed by atoms with van der Waals surface area (Å²) in [5.74, 6) is 0.270. The van der Waals surface area contributed by atoms with Gasteiger partial charge in [-0.3, -0.25) is 9.69 Å². The number of rotatable bonds is 3. The molecule has 2 bridgehead atoms. The number of fused-ring (bicyclic) bond motifs is 3. The molecule has 49 heavy (non-hydrogen) atoms. The first-order valence-electron chi connectivity index (χ1n) is 18.3. The van der Waals surface area contributed by atoms with E-state index < -0.39 is 26.8 Å². The van der Waals surface area contributed by atoms with Crippen molar-refractivity contribution in [3.05, 3.63) is 58.1 Å². The van der Waals surface area contributed by atoms with Crippen LogP contribution in [0.3, 0.4) is 0 Å². The van der Waals surface area contributed by atoms with E-state index in [0.717, 1.165) is 82.4 Å². The molecule has 0 spiro atoms. The van der Waals surface area contributed by atoms with Crippen LogP contribution in [-0.4, -0.2) is 92.9 Å². The van der Waals surface area contributed by atoms with Gasteiger partial charge in [0.1, 0.15) is 12.4 Å². The van der Waals surface area contributed by atoms with E-state index in [0.29, 0.717) is 42.8 Å². The molecular weight excluding hydrogens is 660 g/mol. The lowest BCUT2D eigenvalue weighted by molar-refractivity contribution is -0.103. The Balaban J connectivity index is 1.36. The van der Waals surface area contributed by atoms with Crippen molar-refractivity contribution >= 4 is 33.2 Å². The number of β-amino-alcohol motifs (C(OH)–C–C–N with tert-alkyl or cyclic N) is 1. The molecule has 4 aliphatic rings.